The topological polar surface area (TPSA) is 86.7 Å². The molecule has 2 aromatic rings. The highest BCUT2D eigenvalue weighted by atomic mass is 16.4. The number of fused-ring (bicyclic) bond motifs is 1. The molecule has 6 heteroatoms. The normalized spacial score (nSPS) is 18.4. The summed E-state index contributed by atoms with van der Waals surface area (Å²) in [7, 11) is 0. The second kappa shape index (κ2) is 10.1. The Morgan fingerprint density at radius 1 is 1.03 bits per heavy atom. The number of aliphatic carboxylic acids is 1. The van der Waals surface area contributed by atoms with Gasteiger partial charge in [-0.3, -0.25) is 15.0 Å². The first kappa shape index (κ1) is 20.9. The van der Waals surface area contributed by atoms with Gasteiger partial charge in [0, 0.05) is 13.1 Å². The fraction of sp³-hybridized carbons (Fsp3) is 0.348. The Morgan fingerprint density at radius 2 is 1.69 bits per heavy atom. The van der Waals surface area contributed by atoms with Gasteiger partial charge in [-0.05, 0) is 36.0 Å². The lowest BCUT2D eigenvalue weighted by Gasteiger charge is -2.36. The lowest BCUT2D eigenvalue weighted by molar-refractivity contribution is -0.144. The fourth-order valence-electron chi connectivity index (χ4n) is 3.83. The zero-order valence-electron chi connectivity index (χ0n) is 16.2. The van der Waals surface area contributed by atoms with Crippen LogP contribution in [0.2, 0.25) is 0 Å². The largest absolute Gasteiger partial charge is 0.480 e. The molecule has 0 amide bonds. The molecule has 3 rings (SSSR count). The Bertz CT molecular complexity index is 840. The number of rotatable bonds is 10. The van der Waals surface area contributed by atoms with Gasteiger partial charge in [-0.25, -0.2) is 0 Å². The van der Waals surface area contributed by atoms with Crippen LogP contribution < -0.4 is 5.32 Å². The molecule has 2 aromatic carbocycles. The maximum Gasteiger partial charge on any atom is 0.321 e. The Labute approximate surface area is 170 Å². The SMILES string of the molecule is O=CC(CCc1ccccc1)NC(C=O)CN1Cc2ccccc2CC1C(=O)O. The number of carbonyl (C=O) groups is 3. The molecule has 0 fully saturated rings. The number of nitrogens with one attached hydrogen (secondary N) is 1. The van der Waals surface area contributed by atoms with E-state index < -0.39 is 24.1 Å². The van der Waals surface area contributed by atoms with Gasteiger partial charge >= 0.3 is 5.97 Å². The van der Waals surface area contributed by atoms with Crippen molar-refractivity contribution in [3.05, 3.63) is 71.3 Å². The van der Waals surface area contributed by atoms with Crippen LogP contribution in [0.1, 0.15) is 23.1 Å². The first-order valence-electron chi connectivity index (χ1n) is 9.85. The van der Waals surface area contributed by atoms with Gasteiger partial charge < -0.3 is 14.7 Å². The minimum atomic E-state index is -0.903. The molecule has 0 saturated carbocycles. The van der Waals surface area contributed by atoms with Gasteiger partial charge in [0.05, 0.1) is 12.1 Å². The molecular formula is C23H26N2O4. The van der Waals surface area contributed by atoms with Crippen LogP contribution in [0.15, 0.2) is 54.6 Å². The number of hydrogen-bond donors (Lipinski definition) is 2. The number of benzene rings is 2. The molecule has 0 bridgehead atoms. The number of hydrogen-bond acceptors (Lipinski definition) is 5. The first-order chi connectivity index (χ1) is 14.1. The van der Waals surface area contributed by atoms with E-state index in [0.717, 1.165) is 35.7 Å². The molecule has 0 spiro atoms. The molecule has 1 aliphatic heterocycles. The van der Waals surface area contributed by atoms with E-state index in [1.54, 1.807) is 4.90 Å². The zero-order chi connectivity index (χ0) is 20.6. The van der Waals surface area contributed by atoms with Crippen LogP contribution in [0.3, 0.4) is 0 Å². The van der Waals surface area contributed by atoms with Crippen LogP contribution in [0.4, 0.5) is 0 Å². The molecule has 1 heterocycles. The predicted molar refractivity (Wildman–Crippen MR) is 110 cm³/mol. The highest BCUT2D eigenvalue weighted by Gasteiger charge is 2.32. The van der Waals surface area contributed by atoms with Crippen LogP contribution in [-0.2, 0) is 33.8 Å². The lowest BCUT2D eigenvalue weighted by atomic mass is 9.93. The smallest absolute Gasteiger partial charge is 0.321 e. The van der Waals surface area contributed by atoms with Gasteiger partial charge in [0.2, 0.25) is 0 Å². The van der Waals surface area contributed by atoms with Gasteiger partial charge in [0.15, 0.2) is 0 Å². The lowest BCUT2D eigenvalue weighted by Crippen LogP contribution is -2.53. The standard InChI is InChI=1S/C23H26N2O4/c26-15-20(11-10-17-6-2-1-3-7-17)24-21(16-27)14-25-13-19-9-5-4-8-18(19)12-22(25)23(28)29/h1-9,15-16,20-22,24H,10-14H2,(H,28,29). The van der Waals surface area contributed by atoms with Gasteiger partial charge in [-0.2, -0.15) is 0 Å². The van der Waals surface area contributed by atoms with Crippen molar-refractivity contribution in [1.29, 1.82) is 0 Å². The number of carboxylic acids is 1. The monoisotopic (exact) mass is 394 g/mol. The average Bonchev–Trinajstić information content (AvgIpc) is 2.75. The molecule has 29 heavy (non-hydrogen) atoms. The third kappa shape index (κ3) is 5.59. The molecular weight excluding hydrogens is 368 g/mol. The van der Waals surface area contributed by atoms with Gasteiger partial charge in [-0.15, -0.1) is 0 Å². The third-order valence-corrected chi connectivity index (χ3v) is 5.41. The van der Waals surface area contributed by atoms with E-state index >= 15 is 0 Å². The second-order valence-electron chi connectivity index (χ2n) is 7.43. The highest BCUT2D eigenvalue weighted by molar-refractivity contribution is 5.74. The van der Waals surface area contributed by atoms with Crippen LogP contribution in [-0.4, -0.2) is 53.2 Å². The number of aryl methyl sites for hydroxylation is 1. The van der Waals surface area contributed by atoms with Crippen molar-refractivity contribution in [2.24, 2.45) is 0 Å². The summed E-state index contributed by atoms with van der Waals surface area (Å²) in [4.78, 5) is 36.8. The summed E-state index contributed by atoms with van der Waals surface area (Å²) in [5.41, 5.74) is 3.23. The third-order valence-electron chi connectivity index (χ3n) is 5.41. The molecule has 6 nitrogen and oxygen atoms in total. The maximum atomic E-state index is 11.8. The molecule has 152 valence electrons. The predicted octanol–water partition coefficient (Wildman–Crippen LogP) is 1.86. The summed E-state index contributed by atoms with van der Waals surface area (Å²) in [6.07, 6.45) is 3.28. The van der Waals surface area contributed by atoms with Crippen LogP contribution >= 0.6 is 0 Å². The Morgan fingerprint density at radius 3 is 2.34 bits per heavy atom. The van der Waals surface area contributed by atoms with Crippen molar-refractivity contribution in [2.75, 3.05) is 6.54 Å². The van der Waals surface area contributed by atoms with Crippen LogP contribution in [0.5, 0.6) is 0 Å². The van der Waals surface area contributed by atoms with Gasteiger partial charge in [-0.1, -0.05) is 54.6 Å². The summed E-state index contributed by atoms with van der Waals surface area (Å²) in [6.45, 7) is 0.708. The number of carbonyl (C=O) groups excluding carboxylic acids is 2. The van der Waals surface area contributed by atoms with Crippen molar-refractivity contribution in [1.82, 2.24) is 10.2 Å². The summed E-state index contributed by atoms with van der Waals surface area (Å²) >= 11 is 0. The van der Waals surface area contributed by atoms with E-state index in [-0.39, 0.29) is 6.54 Å². The molecule has 0 aromatic heterocycles. The fourth-order valence-corrected chi connectivity index (χ4v) is 3.83. The zero-order valence-corrected chi connectivity index (χ0v) is 16.2. The molecule has 0 aliphatic carbocycles. The van der Waals surface area contributed by atoms with Crippen molar-refractivity contribution in [2.45, 2.75) is 43.9 Å². The first-order valence-corrected chi connectivity index (χ1v) is 9.85. The van der Waals surface area contributed by atoms with E-state index in [1.165, 1.54) is 0 Å². The average molecular weight is 394 g/mol. The highest BCUT2D eigenvalue weighted by Crippen LogP contribution is 2.23. The molecule has 3 unspecified atom stereocenters. The minimum Gasteiger partial charge on any atom is -0.480 e. The number of nitrogens with zero attached hydrogens (tertiary/aromatic N) is 1. The summed E-state index contributed by atoms with van der Waals surface area (Å²) in [5, 5.41) is 12.7. The van der Waals surface area contributed by atoms with Gasteiger partial charge in [0.1, 0.15) is 18.6 Å². The van der Waals surface area contributed by atoms with Crippen LogP contribution in [0.25, 0.3) is 0 Å². The van der Waals surface area contributed by atoms with Crippen molar-refractivity contribution in [3.63, 3.8) is 0 Å². The van der Waals surface area contributed by atoms with E-state index in [1.807, 2.05) is 54.6 Å². The second-order valence-corrected chi connectivity index (χ2v) is 7.43. The summed E-state index contributed by atoms with van der Waals surface area (Å²) < 4.78 is 0. The van der Waals surface area contributed by atoms with Crippen molar-refractivity contribution >= 4 is 18.5 Å². The van der Waals surface area contributed by atoms with Crippen LogP contribution in [0, 0.1) is 0 Å². The van der Waals surface area contributed by atoms with Crippen molar-refractivity contribution in [3.8, 4) is 0 Å². The van der Waals surface area contributed by atoms with Gasteiger partial charge in [0.25, 0.3) is 0 Å². The maximum absolute atomic E-state index is 11.8. The Balaban J connectivity index is 1.63. The van der Waals surface area contributed by atoms with E-state index in [0.29, 0.717) is 19.4 Å². The Hall–Kier alpha value is -2.83. The molecule has 3 atom stereocenters. The molecule has 0 saturated heterocycles. The molecule has 1 aliphatic rings. The van der Waals surface area contributed by atoms with E-state index in [9.17, 15) is 19.5 Å². The number of carboxylic acid groups (broad SMARTS) is 1. The quantitative estimate of drug-likeness (QED) is 0.598. The van der Waals surface area contributed by atoms with E-state index in [4.69, 9.17) is 0 Å². The molecule has 0 radical (unpaired) electrons. The summed E-state index contributed by atoms with van der Waals surface area (Å²) in [6, 6.07) is 15.8. The van der Waals surface area contributed by atoms with Crippen molar-refractivity contribution < 1.29 is 19.5 Å². The summed E-state index contributed by atoms with van der Waals surface area (Å²) in [5.74, 6) is -0.903. The molecule has 2 N–H and O–H groups in total. The minimum absolute atomic E-state index is 0.241. The van der Waals surface area contributed by atoms with E-state index in [2.05, 4.69) is 5.32 Å². The number of aldehydes is 2. The Kier molecular flexibility index (Phi) is 7.27.